The van der Waals surface area contributed by atoms with Gasteiger partial charge in [0.05, 0.1) is 25.3 Å². The first-order chi connectivity index (χ1) is 16.7. The molecule has 1 atom stereocenters. The fraction of sp³-hybridized carbons (Fsp3) is 0.241. The summed E-state index contributed by atoms with van der Waals surface area (Å²) in [6, 6.07) is 19.9. The van der Waals surface area contributed by atoms with Crippen molar-refractivity contribution in [1.29, 1.82) is 0 Å². The Morgan fingerprint density at radius 3 is 2.37 bits per heavy atom. The van der Waals surface area contributed by atoms with Gasteiger partial charge in [0.1, 0.15) is 11.5 Å². The minimum absolute atomic E-state index is 0.0870. The van der Waals surface area contributed by atoms with Gasteiger partial charge in [0.25, 0.3) is 11.7 Å². The first-order valence-electron chi connectivity index (χ1n) is 11.5. The molecule has 35 heavy (non-hydrogen) atoms. The van der Waals surface area contributed by atoms with Gasteiger partial charge < -0.3 is 14.7 Å². The van der Waals surface area contributed by atoms with Crippen molar-refractivity contribution in [3.63, 3.8) is 0 Å². The van der Waals surface area contributed by atoms with E-state index < -0.39 is 17.7 Å². The Balaban J connectivity index is 1.88. The second-order valence-corrected chi connectivity index (χ2v) is 9.88. The lowest BCUT2D eigenvalue weighted by Gasteiger charge is -2.26. The Hall–Kier alpha value is -3.38. The van der Waals surface area contributed by atoms with Crippen molar-refractivity contribution >= 4 is 33.4 Å². The minimum Gasteiger partial charge on any atom is -0.507 e. The van der Waals surface area contributed by atoms with E-state index in [4.69, 9.17) is 4.74 Å². The predicted molar refractivity (Wildman–Crippen MR) is 140 cm³/mol. The molecule has 3 aromatic carbocycles. The van der Waals surface area contributed by atoms with E-state index in [-0.39, 0.29) is 17.9 Å². The quantitative estimate of drug-likeness (QED) is 0.222. The Labute approximate surface area is 214 Å². The number of halogens is 1. The first-order valence-corrected chi connectivity index (χ1v) is 12.3. The predicted octanol–water partition coefficient (Wildman–Crippen LogP) is 6.51. The maximum atomic E-state index is 13.3. The topological polar surface area (TPSA) is 66.8 Å². The molecule has 4 rings (SSSR count). The zero-order valence-corrected chi connectivity index (χ0v) is 21.8. The van der Waals surface area contributed by atoms with Gasteiger partial charge >= 0.3 is 0 Å². The molecule has 0 aromatic heterocycles. The summed E-state index contributed by atoms with van der Waals surface area (Å²) in [5.41, 5.74) is 4.18. The van der Waals surface area contributed by atoms with Crippen molar-refractivity contribution in [1.82, 2.24) is 4.90 Å². The zero-order valence-electron chi connectivity index (χ0n) is 20.2. The molecule has 180 valence electrons. The van der Waals surface area contributed by atoms with E-state index in [0.717, 1.165) is 26.7 Å². The first kappa shape index (κ1) is 24.7. The van der Waals surface area contributed by atoms with E-state index in [2.05, 4.69) is 29.8 Å². The molecular formula is C29H28BrNO4. The summed E-state index contributed by atoms with van der Waals surface area (Å²) in [4.78, 5) is 28.2. The van der Waals surface area contributed by atoms with Gasteiger partial charge in [-0.1, -0.05) is 78.3 Å². The van der Waals surface area contributed by atoms with Crippen LogP contribution in [0.1, 0.15) is 53.6 Å². The normalized spacial score (nSPS) is 17.3. The molecule has 1 aliphatic rings. The molecule has 1 unspecified atom stereocenters. The molecule has 1 N–H and O–H groups in total. The number of Topliss-reactive ketones (excluding diaryl/α,β-unsaturated/α-hetero) is 1. The van der Waals surface area contributed by atoms with Gasteiger partial charge in [-0.3, -0.25) is 9.59 Å². The van der Waals surface area contributed by atoms with Crippen molar-refractivity contribution in [2.75, 3.05) is 7.11 Å². The molecule has 0 spiro atoms. The molecule has 0 bridgehead atoms. The maximum absolute atomic E-state index is 13.3. The SMILES string of the molecule is COc1ccccc1CN1C(=O)C(=O)/C(=C(\O)c2ccc(Br)c(C)c2)C1c1ccc(C(C)C)cc1. The summed E-state index contributed by atoms with van der Waals surface area (Å²) in [7, 11) is 1.57. The summed E-state index contributed by atoms with van der Waals surface area (Å²) >= 11 is 3.47. The summed E-state index contributed by atoms with van der Waals surface area (Å²) in [5, 5.41) is 11.3. The largest absolute Gasteiger partial charge is 0.507 e. The third-order valence-corrected chi connectivity index (χ3v) is 7.31. The Bertz CT molecular complexity index is 1310. The average Bonchev–Trinajstić information content (AvgIpc) is 3.10. The van der Waals surface area contributed by atoms with Gasteiger partial charge in [0.15, 0.2) is 0 Å². The number of methoxy groups -OCH3 is 1. The van der Waals surface area contributed by atoms with Crippen LogP contribution in [-0.4, -0.2) is 28.8 Å². The summed E-state index contributed by atoms with van der Waals surface area (Å²) < 4.78 is 6.37. The molecule has 6 heteroatoms. The van der Waals surface area contributed by atoms with Gasteiger partial charge in [-0.25, -0.2) is 0 Å². The van der Waals surface area contributed by atoms with Crippen molar-refractivity contribution in [3.8, 4) is 5.75 Å². The van der Waals surface area contributed by atoms with Crippen LogP contribution >= 0.6 is 15.9 Å². The lowest BCUT2D eigenvalue weighted by Crippen LogP contribution is -2.29. The van der Waals surface area contributed by atoms with Crippen molar-refractivity contribution in [2.24, 2.45) is 0 Å². The van der Waals surface area contributed by atoms with Crippen molar-refractivity contribution in [3.05, 3.63) is 105 Å². The molecule has 0 aliphatic carbocycles. The number of carbonyl (C=O) groups excluding carboxylic acids is 2. The van der Waals surface area contributed by atoms with Gasteiger partial charge in [-0.15, -0.1) is 0 Å². The fourth-order valence-electron chi connectivity index (χ4n) is 4.42. The Kier molecular flexibility index (Phi) is 7.13. The zero-order chi connectivity index (χ0) is 25.3. The van der Waals surface area contributed by atoms with Crippen LogP contribution in [0.5, 0.6) is 5.75 Å². The second-order valence-electron chi connectivity index (χ2n) is 9.02. The third-order valence-electron chi connectivity index (χ3n) is 6.42. The summed E-state index contributed by atoms with van der Waals surface area (Å²) in [6.07, 6.45) is 0. The number of benzene rings is 3. The number of hydrogen-bond acceptors (Lipinski definition) is 4. The van der Waals surface area contributed by atoms with E-state index in [1.54, 1.807) is 19.2 Å². The van der Waals surface area contributed by atoms with Gasteiger partial charge in [0, 0.05) is 15.6 Å². The number of ketones is 1. The highest BCUT2D eigenvalue weighted by molar-refractivity contribution is 9.10. The Morgan fingerprint density at radius 2 is 1.74 bits per heavy atom. The van der Waals surface area contributed by atoms with Crippen LogP contribution in [0.3, 0.4) is 0 Å². The van der Waals surface area contributed by atoms with Crippen molar-refractivity contribution < 1.29 is 19.4 Å². The van der Waals surface area contributed by atoms with E-state index in [1.807, 2.05) is 61.5 Å². The highest BCUT2D eigenvalue weighted by atomic mass is 79.9. The average molecular weight is 534 g/mol. The lowest BCUT2D eigenvalue weighted by atomic mass is 9.93. The standard InChI is InChI=1S/C29H28BrNO4/c1-17(2)19-9-11-20(12-10-19)26-25(27(32)21-13-14-23(30)18(3)15-21)28(33)29(34)31(26)16-22-7-5-6-8-24(22)35-4/h5-15,17,26,32H,16H2,1-4H3/b27-25-. The number of hydrogen-bond donors (Lipinski definition) is 1. The maximum Gasteiger partial charge on any atom is 0.295 e. The second kappa shape index (κ2) is 10.1. The molecule has 1 heterocycles. The number of likely N-dealkylation sites (tertiary alicyclic amines) is 1. The van der Waals surface area contributed by atoms with Crippen LogP contribution in [0.15, 0.2) is 76.8 Å². The number of rotatable bonds is 6. The van der Waals surface area contributed by atoms with E-state index in [0.29, 0.717) is 17.2 Å². The van der Waals surface area contributed by atoms with Gasteiger partial charge in [-0.2, -0.15) is 0 Å². The molecule has 0 saturated carbocycles. The highest BCUT2D eigenvalue weighted by Gasteiger charge is 2.46. The van der Waals surface area contributed by atoms with Crippen LogP contribution in [0, 0.1) is 6.92 Å². The molecule has 0 radical (unpaired) electrons. The van der Waals surface area contributed by atoms with Crippen LogP contribution in [0.2, 0.25) is 0 Å². The number of carbonyl (C=O) groups is 2. The lowest BCUT2D eigenvalue weighted by molar-refractivity contribution is -0.140. The smallest absolute Gasteiger partial charge is 0.295 e. The molecule has 3 aromatic rings. The molecule has 5 nitrogen and oxygen atoms in total. The van der Waals surface area contributed by atoms with Crippen LogP contribution < -0.4 is 4.74 Å². The van der Waals surface area contributed by atoms with E-state index >= 15 is 0 Å². The number of amides is 1. The molecule has 1 amide bonds. The van der Waals surface area contributed by atoms with Crippen LogP contribution in [0.4, 0.5) is 0 Å². The van der Waals surface area contributed by atoms with E-state index in [9.17, 15) is 14.7 Å². The minimum atomic E-state index is -0.731. The number of para-hydroxylation sites is 1. The van der Waals surface area contributed by atoms with Crippen LogP contribution in [-0.2, 0) is 16.1 Å². The van der Waals surface area contributed by atoms with Crippen LogP contribution in [0.25, 0.3) is 5.76 Å². The number of aliphatic hydroxyl groups excluding tert-OH is 1. The van der Waals surface area contributed by atoms with Gasteiger partial charge in [-0.05, 0) is 47.7 Å². The summed E-state index contributed by atoms with van der Waals surface area (Å²) in [5.74, 6) is -0.555. The van der Waals surface area contributed by atoms with Gasteiger partial charge in [0.2, 0.25) is 0 Å². The molecule has 1 aliphatic heterocycles. The monoisotopic (exact) mass is 533 g/mol. The van der Waals surface area contributed by atoms with Crippen molar-refractivity contribution in [2.45, 2.75) is 39.3 Å². The number of nitrogens with zero attached hydrogens (tertiary/aromatic N) is 1. The number of aryl methyl sites for hydroxylation is 1. The Morgan fingerprint density at radius 1 is 1.06 bits per heavy atom. The third kappa shape index (κ3) is 4.76. The highest BCUT2D eigenvalue weighted by Crippen LogP contribution is 2.41. The number of aliphatic hydroxyl groups is 1. The number of ether oxygens (including phenoxy) is 1. The molecule has 1 fully saturated rings. The molecular weight excluding hydrogens is 506 g/mol. The van der Waals surface area contributed by atoms with E-state index in [1.165, 1.54) is 4.90 Å². The fourth-order valence-corrected chi connectivity index (χ4v) is 4.66. The summed E-state index contributed by atoms with van der Waals surface area (Å²) in [6.45, 7) is 6.29. The molecule has 1 saturated heterocycles.